The molecule has 0 spiro atoms. The van der Waals surface area contributed by atoms with Crippen LogP contribution in [0.1, 0.15) is 5.56 Å². The number of benzene rings is 3. The summed E-state index contributed by atoms with van der Waals surface area (Å²) in [6, 6.07) is 22.6. The Bertz CT molecular complexity index is 1670. The number of rotatable bonds is 6. The first kappa shape index (κ1) is 22.7. The number of ether oxygens (including phenoxy) is 1. The second-order valence-electron chi connectivity index (χ2n) is 7.52. The predicted molar refractivity (Wildman–Crippen MR) is 137 cm³/mol. The fourth-order valence-electron chi connectivity index (χ4n) is 3.57. The first-order chi connectivity index (χ1) is 16.9. The van der Waals surface area contributed by atoms with Gasteiger partial charge in [-0.3, -0.25) is 9.71 Å². The standard InChI is InChI=1S/C25H18ClN5O3S/c1-34-25-13-12-24(29-30-25)31-35(32,33)18-9-7-17(8-10-18)27-15-21-19-4-2-3-5-22(19)28-23-14-16(26)6-11-20(21)23/h2-15H,1H3,(H,29,31). The Morgan fingerprint density at radius 1 is 0.914 bits per heavy atom. The predicted octanol–water partition coefficient (Wildman–Crippen LogP) is 5.39. The van der Waals surface area contributed by atoms with Crippen molar-refractivity contribution in [3.63, 3.8) is 0 Å². The molecule has 0 fully saturated rings. The summed E-state index contributed by atoms with van der Waals surface area (Å²) in [5, 5.41) is 10.0. The zero-order chi connectivity index (χ0) is 24.4. The molecule has 0 bridgehead atoms. The third-order valence-corrected chi connectivity index (χ3v) is 6.87. The van der Waals surface area contributed by atoms with E-state index in [0.29, 0.717) is 10.7 Å². The van der Waals surface area contributed by atoms with Gasteiger partial charge < -0.3 is 4.74 Å². The number of pyridine rings is 1. The summed E-state index contributed by atoms with van der Waals surface area (Å²) in [4.78, 5) is 9.36. The number of hydrogen-bond donors (Lipinski definition) is 1. The molecule has 0 atom stereocenters. The lowest BCUT2D eigenvalue weighted by Crippen LogP contribution is -2.14. The highest BCUT2D eigenvalue weighted by Gasteiger charge is 2.15. The fourth-order valence-corrected chi connectivity index (χ4v) is 4.73. The van der Waals surface area contributed by atoms with E-state index >= 15 is 0 Å². The summed E-state index contributed by atoms with van der Waals surface area (Å²) in [7, 11) is -2.39. The monoisotopic (exact) mass is 503 g/mol. The topological polar surface area (TPSA) is 106 Å². The Labute approximate surface area is 206 Å². The quantitative estimate of drug-likeness (QED) is 0.246. The van der Waals surface area contributed by atoms with Crippen LogP contribution in [0.15, 0.2) is 88.8 Å². The lowest BCUT2D eigenvalue weighted by Gasteiger charge is -2.08. The average molecular weight is 504 g/mol. The van der Waals surface area contributed by atoms with E-state index in [-0.39, 0.29) is 16.6 Å². The molecule has 5 aromatic rings. The molecule has 1 N–H and O–H groups in total. The molecule has 35 heavy (non-hydrogen) atoms. The fraction of sp³-hybridized carbons (Fsp3) is 0.0400. The molecule has 2 heterocycles. The molecule has 2 aromatic heterocycles. The molecule has 0 aliphatic rings. The molecule has 0 saturated carbocycles. The number of nitrogens with one attached hydrogen (secondary N) is 1. The summed E-state index contributed by atoms with van der Waals surface area (Å²) in [5.74, 6) is 0.373. The van der Waals surface area contributed by atoms with Crippen molar-refractivity contribution in [3.05, 3.63) is 89.4 Å². The van der Waals surface area contributed by atoms with Gasteiger partial charge in [-0.25, -0.2) is 13.4 Å². The smallest absolute Gasteiger partial charge is 0.263 e. The zero-order valence-electron chi connectivity index (χ0n) is 18.4. The van der Waals surface area contributed by atoms with Gasteiger partial charge in [0.1, 0.15) is 0 Å². The van der Waals surface area contributed by atoms with Crippen LogP contribution < -0.4 is 9.46 Å². The SMILES string of the molecule is COc1ccc(NS(=O)(=O)c2ccc(N=Cc3c4ccccc4nc4cc(Cl)ccc34)cc2)nn1. The molecule has 0 radical (unpaired) electrons. The molecule has 5 rings (SSSR count). The Kier molecular flexibility index (Phi) is 6.02. The van der Waals surface area contributed by atoms with Crippen molar-refractivity contribution >= 4 is 61.1 Å². The largest absolute Gasteiger partial charge is 0.480 e. The second kappa shape index (κ2) is 9.28. The maximum Gasteiger partial charge on any atom is 0.263 e. The van der Waals surface area contributed by atoms with E-state index in [0.717, 1.165) is 27.4 Å². The first-order valence-corrected chi connectivity index (χ1v) is 12.3. The van der Waals surface area contributed by atoms with Crippen molar-refractivity contribution in [2.24, 2.45) is 4.99 Å². The van der Waals surface area contributed by atoms with Gasteiger partial charge in [-0.05, 0) is 48.5 Å². The van der Waals surface area contributed by atoms with Crippen LogP contribution in [-0.2, 0) is 10.0 Å². The van der Waals surface area contributed by atoms with Crippen LogP contribution in [0.3, 0.4) is 0 Å². The summed E-state index contributed by atoms with van der Waals surface area (Å²) in [6.07, 6.45) is 1.76. The Morgan fingerprint density at radius 3 is 2.43 bits per heavy atom. The number of halogens is 1. The molecular weight excluding hydrogens is 486 g/mol. The summed E-state index contributed by atoms with van der Waals surface area (Å²) < 4.78 is 32.7. The van der Waals surface area contributed by atoms with Crippen LogP contribution in [0, 0.1) is 0 Å². The van der Waals surface area contributed by atoms with Crippen molar-refractivity contribution < 1.29 is 13.2 Å². The lowest BCUT2D eigenvalue weighted by atomic mass is 10.0. The molecule has 174 valence electrons. The Balaban J connectivity index is 1.44. The maximum atomic E-state index is 12.7. The minimum Gasteiger partial charge on any atom is -0.480 e. The maximum absolute atomic E-state index is 12.7. The van der Waals surface area contributed by atoms with E-state index in [4.69, 9.17) is 21.3 Å². The number of anilines is 1. The third kappa shape index (κ3) is 4.77. The number of aliphatic imine (C=N–C) groups is 1. The average Bonchev–Trinajstić information content (AvgIpc) is 2.87. The van der Waals surface area contributed by atoms with Crippen molar-refractivity contribution in [2.75, 3.05) is 11.8 Å². The van der Waals surface area contributed by atoms with E-state index < -0.39 is 10.0 Å². The van der Waals surface area contributed by atoms with E-state index in [1.54, 1.807) is 18.3 Å². The lowest BCUT2D eigenvalue weighted by molar-refractivity contribution is 0.392. The van der Waals surface area contributed by atoms with Gasteiger partial charge in [0.05, 0.1) is 28.7 Å². The van der Waals surface area contributed by atoms with Gasteiger partial charge >= 0.3 is 0 Å². The number of hydrogen-bond acceptors (Lipinski definition) is 7. The van der Waals surface area contributed by atoms with Gasteiger partial charge in [0.2, 0.25) is 5.88 Å². The summed E-state index contributed by atoms with van der Waals surface area (Å²) in [6.45, 7) is 0. The first-order valence-electron chi connectivity index (χ1n) is 10.5. The van der Waals surface area contributed by atoms with E-state index in [9.17, 15) is 8.42 Å². The summed E-state index contributed by atoms with van der Waals surface area (Å²) in [5.41, 5.74) is 3.10. The minimum atomic E-state index is -3.84. The molecule has 0 aliphatic heterocycles. The van der Waals surface area contributed by atoms with E-state index in [2.05, 4.69) is 19.9 Å². The normalized spacial score (nSPS) is 11.8. The van der Waals surface area contributed by atoms with Crippen molar-refractivity contribution in [1.82, 2.24) is 15.2 Å². The minimum absolute atomic E-state index is 0.0727. The number of para-hydroxylation sites is 1. The highest BCUT2D eigenvalue weighted by Crippen LogP contribution is 2.28. The van der Waals surface area contributed by atoms with Gasteiger partial charge in [-0.15, -0.1) is 10.2 Å². The van der Waals surface area contributed by atoms with Crippen LogP contribution in [0.5, 0.6) is 5.88 Å². The molecule has 10 heteroatoms. The second-order valence-corrected chi connectivity index (χ2v) is 9.64. The Hall–Kier alpha value is -4.08. The van der Waals surface area contributed by atoms with Crippen LogP contribution >= 0.6 is 11.6 Å². The van der Waals surface area contributed by atoms with Crippen molar-refractivity contribution in [2.45, 2.75) is 4.90 Å². The number of sulfonamides is 1. The Morgan fingerprint density at radius 2 is 1.69 bits per heavy atom. The highest BCUT2D eigenvalue weighted by molar-refractivity contribution is 7.92. The number of methoxy groups -OCH3 is 1. The van der Waals surface area contributed by atoms with E-state index in [1.807, 2.05) is 42.5 Å². The molecule has 0 unspecified atom stereocenters. The van der Waals surface area contributed by atoms with Gasteiger partial charge in [0, 0.05) is 33.6 Å². The number of fused-ring (bicyclic) bond motifs is 2. The van der Waals surface area contributed by atoms with Gasteiger partial charge in [0.25, 0.3) is 10.0 Å². The van der Waals surface area contributed by atoms with Crippen molar-refractivity contribution in [3.8, 4) is 5.88 Å². The molecule has 3 aromatic carbocycles. The number of nitrogens with zero attached hydrogens (tertiary/aromatic N) is 4. The molecule has 0 amide bonds. The van der Waals surface area contributed by atoms with E-state index in [1.165, 1.54) is 31.4 Å². The van der Waals surface area contributed by atoms with Crippen molar-refractivity contribution in [1.29, 1.82) is 0 Å². The number of aromatic nitrogens is 3. The molecule has 8 nitrogen and oxygen atoms in total. The summed E-state index contributed by atoms with van der Waals surface area (Å²) >= 11 is 6.17. The molecule has 0 saturated heterocycles. The van der Waals surface area contributed by atoms with Crippen LogP contribution in [0.25, 0.3) is 21.8 Å². The molecule has 0 aliphatic carbocycles. The molecular formula is C25H18ClN5O3S. The highest BCUT2D eigenvalue weighted by atomic mass is 35.5. The third-order valence-electron chi connectivity index (χ3n) is 5.26. The van der Waals surface area contributed by atoms with Crippen LogP contribution in [0.2, 0.25) is 5.02 Å². The van der Waals surface area contributed by atoms with Crippen LogP contribution in [0.4, 0.5) is 11.5 Å². The van der Waals surface area contributed by atoms with Gasteiger partial charge in [-0.1, -0.05) is 35.9 Å². The van der Waals surface area contributed by atoms with Gasteiger partial charge in [0.15, 0.2) is 5.82 Å². The zero-order valence-corrected chi connectivity index (χ0v) is 20.0. The van der Waals surface area contributed by atoms with Crippen LogP contribution in [-0.4, -0.2) is 36.9 Å². The van der Waals surface area contributed by atoms with Gasteiger partial charge in [-0.2, -0.15) is 0 Å².